The molecule has 1 aromatic carbocycles. The monoisotopic (exact) mass is 454 g/mol. The normalized spacial score (nSPS) is 11.6. The van der Waals surface area contributed by atoms with E-state index in [1.54, 1.807) is 18.2 Å². The molecule has 0 bridgehead atoms. The highest BCUT2D eigenvalue weighted by Gasteiger charge is 2.21. The average Bonchev–Trinajstić information content (AvgIpc) is 2.74. The van der Waals surface area contributed by atoms with Gasteiger partial charge in [-0.25, -0.2) is 4.79 Å². The van der Waals surface area contributed by atoms with E-state index in [9.17, 15) is 9.59 Å². The van der Waals surface area contributed by atoms with Crippen LogP contribution in [0, 0.1) is 0 Å². The number of carbonyl (C=O) groups is 1. The summed E-state index contributed by atoms with van der Waals surface area (Å²) >= 11 is 0. The second-order valence-corrected chi connectivity index (χ2v) is 7.97. The zero-order valence-electron chi connectivity index (χ0n) is 20.2. The Kier molecular flexibility index (Phi) is 10.5. The molecular formula is C27H34O6. The highest BCUT2D eigenvalue weighted by molar-refractivity contribution is 5.93. The van der Waals surface area contributed by atoms with Crippen LogP contribution in [0.4, 0.5) is 0 Å². The van der Waals surface area contributed by atoms with E-state index in [2.05, 4.69) is 19.9 Å². The largest absolute Gasteiger partial charge is 0.484 e. The lowest BCUT2D eigenvalue weighted by atomic mass is 10.1. The lowest BCUT2D eigenvalue weighted by molar-refractivity contribution is -0.131. The average molecular weight is 455 g/mol. The van der Waals surface area contributed by atoms with Crippen LogP contribution in [0.2, 0.25) is 0 Å². The quantitative estimate of drug-likeness (QED) is 0.119. The molecule has 0 aliphatic heterocycles. The first-order chi connectivity index (χ1) is 15.8. The van der Waals surface area contributed by atoms with Crippen LogP contribution in [0.25, 0.3) is 11.0 Å². The minimum absolute atomic E-state index is 0.0254. The van der Waals surface area contributed by atoms with Gasteiger partial charge in [0.2, 0.25) is 5.75 Å². The fourth-order valence-electron chi connectivity index (χ4n) is 3.15. The number of benzene rings is 1. The number of hydrogen-bond acceptors (Lipinski definition) is 6. The van der Waals surface area contributed by atoms with Gasteiger partial charge in [0.05, 0.1) is 6.61 Å². The molecule has 0 radical (unpaired) electrons. The van der Waals surface area contributed by atoms with E-state index in [-0.39, 0.29) is 36.0 Å². The van der Waals surface area contributed by atoms with Crippen molar-refractivity contribution in [3.63, 3.8) is 0 Å². The molecule has 6 nitrogen and oxygen atoms in total. The van der Waals surface area contributed by atoms with Gasteiger partial charge in [-0.2, -0.15) is 0 Å². The van der Waals surface area contributed by atoms with Crippen molar-refractivity contribution < 1.29 is 23.4 Å². The summed E-state index contributed by atoms with van der Waals surface area (Å²) in [5.74, 6) is -0.0471. The first kappa shape index (κ1) is 26.0. The van der Waals surface area contributed by atoms with Gasteiger partial charge in [-0.1, -0.05) is 42.4 Å². The van der Waals surface area contributed by atoms with Gasteiger partial charge in [0.1, 0.15) is 23.3 Å². The van der Waals surface area contributed by atoms with E-state index in [1.165, 1.54) is 18.1 Å². The number of esters is 1. The SMILES string of the molecule is CCC=CCCOc1c(OCC=C(C)CCC=C(C)C)c2c(OC(C)=O)cccc2oc1=O. The first-order valence-electron chi connectivity index (χ1n) is 11.3. The molecule has 0 unspecified atom stereocenters. The van der Waals surface area contributed by atoms with Gasteiger partial charge in [0, 0.05) is 6.92 Å². The molecule has 2 aromatic rings. The molecule has 6 heteroatoms. The zero-order valence-corrected chi connectivity index (χ0v) is 20.2. The smallest absolute Gasteiger partial charge is 0.383 e. The number of hydrogen-bond donors (Lipinski definition) is 0. The second kappa shape index (κ2) is 13.3. The summed E-state index contributed by atoms with van der Waals surface area (Å²) < 4.78 is 22.6. The zero-order chi connectivity index (χ0) is 24.2. The van der Waals surface area contributed by atoms with E-state index >= 15 is 0 Å². The Labute approximate surface area is 195 Å². The van der Waals surface area contributed by atoms with Crippen LogP contribution in [0.3, 0.4) is 0 Å². The fraction of sp³-hybridized carbons (Fsp3) is 0.407. The van der Waals surface area contributed by atoms with Crippen molar-refractivity contribution >= 4 is 16.9 Å². The van der Waals surface area contributed by atoms with Gasteiger partial charge in [0.25, 0.3) is 0 Å². The van der Waals surface area contributed by atoms with Crippen LogP contribution in [-0.4, -0.2) is 19.2 Å². The second-order valence-electron chi connectivity index (χ2n) is 7.97. The summed E-state index contributed by atoms with van der Waals surface area (Å²) in [6.45, 7) is 10.1. The van der Waals surface area contributed by atoms with E-state index in [4.69, 9.17) is 18.6 Å². The van der Waals surface area contributed by atoms with Crippen LogP contribution < -0.4 is 19.8 Å². The molecule has 0 saturated heterocycles. The Morgan fingerprint density at radius 1 is 1.00 bits per heavy atom. The van der Waals surface area contributed by atoms with Crippen molar-refractivity contribution in [2.24, 2.45) is 0 Å². The number of ether oxygens (including phenoxy) is 3. The maximum Gasteiger partial charge on any atom is 0.383 e. The summed E-state index contributed by atoms with van der Waals surface area (Å²) in [6, 6.07) is 4.91. The van der Waals surface area contributed by atoms with Crippen molar-refractivity contribution in [1.29, 1.82) is 0 Å². The van der Waals surface area contributed by atoms with Crippen LogP contribution in [-0.2, 0) is 4.79 Å². The molecule has 178 valence electrons. The summed E-state index contributed by atoms with van der Waals surface area (Å²) in [5.41, 5.74) is 2.08. The highest BCUT2D eigenvalue weighted by Crippen LogP contribution is 2.39. The van der Waals surface area contributed by atoms with Crippen LogP contribution in [0.1, 0.15) is 60.3 Å². The predicted molar refractivity (Wildman–Crippen MR) is 131 cm³/mol. The summed E-state index contributed by atoms with van der Waals surface area (Å²) in [5, 5.41) is 0.391. The van der Waals surface area contributed by atoms with Crippen molar-refractivity contribution in [1.82, 2.24) is 0 Å². The van der Waals surface area contributed by atoms with Gasteiger partial charge < -0.3 is 18.6 Å². The molecule has 1 heterocycles. The maximum absolute atomic E-state index is 12.7. The maximum atomic E-state index is 12.7. The van der Waals surface area contributed by atoms with E-state index in [0.717, 1.165) is 19.3 Å². The van der Waals surface area contributed by atoms with Gasteiger partial charge in [-0.05, 0) is 64.7 Å². The van der Waals surface area contributed by atoms with Gasteiger partial charge in [-0.15, -0.1) is 0 Å². The van der Waals surface area contributed by atoms with Crippen LogP contribution in [0.5, 0.6) is 17.2 Å². The third-order valence-electron chi connectivity index (χ3n) is 4.75. The summed E-state index contributed by atoms with van der Waals surface area (Å²) in [6.07, 6.45) is 11.6. The summed E-state index contributed by atoms with van der Waals surface area (Å²) in [7, 11) is 0. The Balaban J connectivity index is 2.39. The van der Waals surface area contributed by atoms with Gasteiger partial charge in [0.15, 0.2) is 5.75 Å². The number of allylic oxidation sites excluding steroid dienone is 4. The number of carbonyl (C=O) groups excluding carboxylic acids is 1. The van der Waals surface area contributed by atoms with Gasteiger partial charge >= 0.3 is 11.6 Å². The molecule has 0 saturated carbocycles. The standard InChI is InChI=1S/C27H34O6/c1-6-7-8-9-17-30-26-25(31-18-16-20(4)13-10-12-19(2)3)24-22(32-21(5)28)14-11-15-23(24)33-27(26)29/h7-8,11-12,14-16H,6,9-10,13,17-18H2,1-5H3. The van der Waals surface area contributed by atoms with Crippen molar-refractivity contribution in [2.45, 2.75) is 60.3 Å². The minimum Gasteiger partial charge on any atom is -0.484 e. The number of rotatable bonds is 12. The molecule has 0 aliphatic rings. The van der Waals surface area contributed by atoms with Gasteiger partial charge in [-0.3, -0.25) is 4.79 Å². The van der Waals surface area contributed by atoms with E-state index < -0.39 is 11.6 Å². The Morgan fingerprint density at radius 3 is 2.48 bits per heavy atom. The lowest BCUT2D eigenvalue weighted by Gasteiger charge is -2.15. The Morgan fingerprint density at radius 2 is 1.79 bits per heavy atom. The topological polar surface area (TPSA) is 75.0 Å². The predicted octanol–water partition coefficient (Wildman–Crippen LogP) is 6.52. The van der Waals surface area contributed by atoms with Crippen LogP contribution in [0.15, 0.2) is 62.9 Å². The molecule has 0 fully saturated rings. The Hall–Kier alpha value is -3.28. The molecule has 0 spiro atoms. The highest BCUT2D eigenvalue weighted by atomic mass is 16.5. The minimum atomic E-state index is -0.638. The third-order valence-corrected chi connectivity index (χ3v) is 4.75. The molecule has 33 heavy (non-hydrogen) atoms. The van der Waals surface area contributed by atoms with Crippen LogP contribution >= 0.6 is 0 Å². The van der Waals surface area contributed by atoms with Crippen molar-refractivity contribution in [2.75, 3.05) is 13.2 Å². The fourth-order valence-corrected chi connectivity index (χ4v) is 3.15. The van der Waals surface area contributed by atoms with Crippen molar-refractivity contribution in [3.8, 4) is 17.2 Å². The lowest BCUT2D eigenvalue weighted by Crippen LogP contribution is -2.12. The molecular weight excluding hydrogens is 420 g/mol. The Bertz CT molecular complexity index is 1080. The molecule has 0 amide bonds. The molecule has 2 rings (SSSR count). The summed E-state index contributed by atoms with van der Waals surface area (Å²) in [4.78, 5) is 24.3. The first-order valence-corrected chi connectivity index (χ1v) is 11.3. The molecule has 0 atom stereocenters. The van der Waals surface area contributed by atoms with Crippen molar-refractivity contribution in [3.05, 3.63) is 64.1 Å². The molecule has 0 aliphatic carbocycles. The van der Waals surface area contributed by atoms with E-state index in [1.807, 2.05) is 32.1 Å². The molecule has 1 aromatic heterocycles. The third kappa shape index (κ3) is 8.29. The molecule has 0 N–H and O–H groups in total. The van der Waals surface area contributed by atoms with E-state index in [0.29, 0.717) is 11.8 Å². The number of fused-ring (bicyclic) bond motifs is 1.